The molecule has 1 atom stereocenters. The molecule has 146 valence electrons. The second kappa shape index (κ2) is 8.46. The molecule has 2 aliphatic rings. The summed E-state index contributed by atoms with van der Waals surface area (Å²) in [4.78, 5) is 23.3. The number of benzene rings is 2. The van der Waals surface area contributed by atoms with E-state index >= 15 is 0 Å². The molecule has 2 heterocycles. The van der Waals surface area contributed by atoms with E-state index in [2.05, 4.69) is 23.7 Å². The smallest absolute Gasteiger partial charge is 0.428 e. The SMILES string of the molecule is O=C(OCc1ccccc1)ON1CCCC2(C=C(c3ccccc3)NO2)CC1. The van der Waals surface area contributed by atoms with Gasteiger partial charge in [0.2, 0.25) is 0 Å². The van der Waals surface area contributed by atoms with Gasteiger partial charge in [0.15, 0.2) is 0 Å². The van der Waals surface area contributed by atoms with Crippen LogP contribution in [0.2, 0.25) is 0 Å². The van der Waals surface area contributed by atoms with Crippen molar-refractivity contribution in [1.82, 2.24) is 10.5 Å². The summed E-state index contributed by atoms with van der Waals surface area (Å²) in [5.41, 5.74) is 5.70. The zero-order valence-electron chi connectivity index (χ0n) is 15.7. The van der Waals surface area contributed by atoms with Crippen molar-refractivity contribution in [2.75, 3.05) is 13.1 Å². The van der Waals surface area contributed by atoms with Crippen molar-refractivity contribution >= 4 is 11.9 Å². The van der Waals surface area contributed by atoms with Crippen molar-refractivity contribution in [2.24, 2.45) is 0 Å². The van der Waals surface area contributed by atoms with Gasteiger partial charge in [0, 0.05) is 13.1 Å². The van der Waals surface area contributed by atoms with Crippen LogP contribution in [0.25, 0.3) is 5.70 Å². The van der Waals surface area contributed by atoms with Crippen molar-refractivity contribution in [3.8, 4) is 0 Å². The first-order valence-corrected chi connectivity index (χ1v) is 9.58. The van der Waals surface area contributed by atoms with Gasteiger partial charge in [-0.1, -0.05) is 60.7 Å². The maximum absolute atomic E-state index is 12.0. The first-order valence-electron chi connectivity index (χ1n) is 9.58. The number of carbonyl (C=O) groups is 1. The summed E-state index contributed by atoms with van der Waals surface area (Å²) in [6.45, 7) is 1.44. The molecule has 6 nitrogen and oxygen atoms in total. The van der Waals surface area contributed by atoms with Gasteiger partial charge in [0.25, 0.3) is 0 Å². The van der Waals surface area contributed by atoms with Crippen LogP contribution in [-0.4, -0.2) is 29.9 Å². The summed E-state index contributed by atoms with van der Waals surface area (Å²) in [6, 6.07) is 19.7. The molecule has 1 N–H and O–H groups in total. The Kier molecular flexibility index (Phi) is 5.60. The Morgan fingerprint density at radius 1 is 1.04 bits per heavy atom. The lowest BCUT2D eigenvalue weighted by atomic mass is 9.93. The Morgan fingerprint density at radius 2 is 1.79 bits per heavy atom. The number of carbonyl (C=O) groups excluding carboxylic acids is 1. The fourth-order valence-electron chi connectivity index (χ4n) is 3.53. The topological polar surface area (TPSA) is 60.0 Å². The number of ether oxygens (including phenoxy) is 1. The molecule has 1 saturated heterocycles. The van der Waals surface area contributed by atoms with Gasteiger partial charge in [0.1, 0.15) is 12.2 Å². The standard InChI is InChI=1S/C22H24N2O4/c25-21(26-17-18-8-3-1-4-9-18)27-24-14-7-12-22(13-15-24)16-20(23-28-22)19-10-5-2-6-11-19/h1-6,8-11,16,23H,7,12-15,17H2. The maximum Gasteiger partial charge on any atom is 0.528 e. The van der Waals surface area contributed by atoms with Crippen molar-refractivity contribution in [1.29, 1.82) is 0 Å². The van der Waals surface area contributed by atoms with Crippen LogP contribution < -0.4 is 5.48 Å². The third-order valence-corrected chi connectivity index (χ3v) is 5.05. The van der Waals surface area contributed by atoms with Crippen LogP contribution in [0.4, 0.5) is 4.79 Å². The molecule has 0 aliphatic carbocycles. The monoisotopic (exact) mass is 380 g/mol. The van der Waals surface area contributed by atoms with E-state index in [0.717, 1.165) is 36.1 Å². The third-order valence-electron chi connectivity index (χ3n) is 5.05. The van der Waals surface area contributed by atoms with Gasteiger partial charge in [-0.25, -0.2) is 4.79 Å². The molecule has 1 unspecified atom stereocenters. The lowest BCUT2D eigenvalue weighted by molar-refractivity contribution is -0.131. The molecular formula is C22H24N2O4. The van der Waals surface area contributed by atoms with Crippen LogP contribution in [0.15, 0.2) is 66.7 Å². The van der Waals surface area contributed by atoms with E-state index < -0.39 is 6.16 Å². The molecule has 4 rings (SSSR count). The average molecular weight is 380 g/mol. The molecule has 0 amide bonds. The summed E-state index contributed by atoms with van der Waals surface area (Å²) in [6.07, 6.45) is 3.91. The Hall–Kier alpha value is -2.83. The van der Waals surface area contributed by atoms with E-state index in [1.54, 1.807) is 5.06 Å². The Balaban J connectivity index is 1.30. The van der Waals surface area contributed by atoms with Crippen molar-refractivity contribution in [2.45, 2.75) is 31.5 Å². The number of hydrogen-bond donors (Lipinski definition) is 1. The molecule has 1 fully saturated rings. The summed E-state index contributed by atoms with van der Waals surface area (Å²) in [7, 11) is 0. The van der Waals surface area contributed by atoms with Crippen LogP contribution >= 0.6 is 0 Å². The Bertz CT molecular complexity index is 825. The van der Waals surface area contributed by atoms with Crippen LogP contribution in [-0.2, 0) is 21.0 Å². The van der Waals surface area contributed by atoms with Crippen molar-refractivity contribution < 1.29 is 19.2 Å². The number of hydrogen-bond acceptors (Lipinski definition) is 6. The zero-order valence-corrected chi connectivity index (χ0v) is 15.7. The van der Waals surface area contributed by atoms with Gasteiger partial charge in [-0.3, -0.25) is 10.3 Å². The van der Waals surface area contributed by atoms with E-state index in [9.17, 15) is 4.79 Å². The highest BCUT2D eigenvalue weighted by Gasteiger charge is 2.37. The lowest BCUT2D eigenvalue weighted by Crippen LogP contribution is -2.33. The molecule has 6 heteroatoms. The van der Waals surface area contributed by atoms with E-state index in [0.29, 0.717) is 13.1 Å². The summed E-state index contributed by atoms with van der Waals surface area (Å²) in [5.74, 6) is 0. The zero-order chi connectivity index (χ0) is 19.2. The van der Waals surface area contributed by atoms with Crippen molar-refractivity contribution in [3.05, 3.63) is 77.9 Å². The van der Waals surface area contributed by atoms with Gasteiger partial charge in [0.05, 0.1) is 5.70 Å². The van der Waals surface area contributed by atoms with Gasteiger partial charge in [-0.15, -0.1) is 5.06 Å². The van der Waals surface area contributed by atoms with Gasteiger partial charge in [-0.2, -0.15) is 0 Å². The predicted molar refractivity (Wildman–Crippen MR) is 105 cm³/mol. The molecule has 0 bridgehead atoms. The maximum atomic E-state index is 12.0. The highest BCUT2D eigenvalue weighted by molar-refractivity contribution is 5.65. The quantitative estimate of drug-likeness (QED) is 0.808. The second-order valence-electron chi connectivity index (χ2n) is 7.09. The lowest BCUT2D eigenvalue weighted by Gasteiger charge is -2.23. The number of nitrogens with zero attached hydrogens (tertiary/aromatic N) is 1. The highest BCUT2D eigenvalue weighted by Crippen LogP contribution is 2.34. The molecule has 0 radical (unpaired) electrons. The van der Waals surface area contributed by atoms with E-state index in [4.69, 9.17) is 14.4 Å². The van der Waals surface area contributed by atoms with Gasteiger partial charge >= 0.3 is 6.16 Å². The highest BCUT2D eigenvalue weighted by atomic mass is 16.8. The first-order chi connectivity index (χ1) is 13.7. The molecule has 28 heavy (non-hydrogen) atoms. The van der Waals surface area contributed by atoms with E-state index in [1.165, 1.54) is 0 Å². The summed E-state index contributed by atoms with van der Waals surface area (Å²) < 4.78 is 5.21. The third kappa shape index (κ3) is 4.52. The molecule has 2 aliphatic heterocycles. The summed E-state index contributed by atoms with van der Waals surface area (Å²) >= 11 is 0. The van der Waals surface area contributed by atoms with Gasteiger partial charge in [-0.05, 0) is 36.5 Å². The largest absolute Gasteiger partial charge is 0.528 e. The number of nitrogens with one attached hydrogen (secondary N) is 1. The summed E-state index contributed by atoms with van der Waals surface area (Å²) in [5, 5.41) is 1.67. The van der Waals surface area contributed by atoms with Crippen LogP contribution in [0.1, 0.15) is 30.4 Å². The Labute approximate surface area is 164 Å². The minimum absolute atomic E-state index is 0.202. The molecule has 2 aromatic rings. The molecular weight excluding hydrogens is 356 g/mol. The minimum Gasteiger partial charge on any atom is -0.428 e. The Morgan fingerprint density at radius 3 is 2.57 bits per heavy atom. The van der Waals surface area contributed by atoms with E-state index in [1.807, 2.05) is 48.5 Å². The van der Waals surface area contributed by atoms with Crippen molar-refractivity contribution in [3.63, 3.8) is 0 Å². The van der Waals surface area contributed by atoms with Crippen LogP contribution in [0, 0.1) is 0 Å². The normalized spacial score (nSPS) is 22.2. The number of rotatable bonds is 4. The second-order valence-corrected chi connectivity index (χ2v) is 7.09. The molecule has 0 aromatic heterocycles. The fourth-order valence-corrected chi connectivity index (χ4v) is 3.53. The van der Waals surface area contributed by atoms with Crippen LogP contribution in [0.3, 0.4) is 0 Å². The molecule has 2 aromatic carbocycles. The minimum atomic E-state index is -0.675. The predicted octanol–water partition coefficient (Wildman–Crippen LogP) is 4.06. The molecule has 0 saturated carbocycles. The van der Waals surface area contributed by atoms with E-state index in [-0.39, 0.29) is 12.2 Å². The fraction of sp³-hybridized carbons (Fsp3) is 0.318. The average Bonchev–Trinajstić information content (AvgIpc) is 3.06. The van der Waals surface area contributed by atoms with Gasteiger partial charge < -0.3 is 9.57 Å². The molecule has 1 spiro atoms. The van der Waals surface area contributed by atoms with Crippen LogP contribution in [0.5, 0.6) is 0 Å². The number of hydroxylamine groups is 3. The first kappa shape index (κ1) is 18.5.